The quantitative estimate of drug-likeness (QED) is 0.897. The summed E-state index contributed by atoms with van der Waals surface area (Å²) in [5.41, 5.74) is 1.23. The number of amides is 1. The molecule has 0 unspecified atom stereocenters. The van der Waals surface area contributed by atoms with E-state index in [1.807, 2.05) is 6.07 Å². The average Bonchev–Trinajstić information content (AvgIpc) is 3.11. The van der Waals surface area contributed by atoms with Crippen molar-refractivity contribution in [3.8, 4) is 11.5 Å². The first kappa shape index (κ1) is 17.7. The summed E-state index contributed by atoms with van der Waals surface area (Å²) in [5, 5.41) is 3.29. The summed E-state index contributed by atoms with van der Waals surface area (Å²) >= 11 is 0. The molecule has 26 heavy (non-hydrogen) atoms. The van der Waals surface area contributed by atoms with Crippen LogP contribution in [0.5, 0.6) is 11.5 Å². The Kier molecular flexibility index (Phi) is 5.34. The first-order chi connectivity index (χ1) is 12.7. The molecule has 0 bridgehead atoms. The number of hydrogen-bond acceptors (Lipinski definition) is 4. The molecule has 1 N–H and O–H groups in total. The van der Waals surface area contributed by atoms with Crippen molar-refractivity contribution in [2.75, 3.05) is 26.3 Å². The minimum Gasteiger partial charge on any atom is -0.486 e. The van der Waals surface area contributed by atoms with Crippen molar-refractivity contribution >= 4 is 5.91 Å². The van der Waals surface area contributed by atoms with E-state index >= 15 is 0 Å². The molecule has 0 aromatic heterocycles. The van der Waals surface area contributed by atoms with E-state index in [9.17, 15) is 4.79 Å². The maximum atomic E-state index is 12.6. The number of rotatable bonds is 4. The van der Waals surface area contributed by atoms with Crippen molar-refractivity contribution in [1.29, 1.82) is 0 Å². The van der Waals surface area contributed by atoms with Gasteiger partial charge in [0.25, 0.3) is 0 Å². The smallest absolute Gasteiger partial charge is 0.234 e. The van der Waals surface area contributed by atoms with Gasteiger partial charge in [-0.3, -0.25) is 9.69 Å². The Morgan fingerprint density at radius 2 is 1.92 bits per heavy atom. The molecule has 1 aromatic rings. The Labute approximate surface area is 156 Å². The number of carbonyl (C=O) groups is 1. The first-order valence-electron chi connectivity index (χ1n) is 10.1. The highest BCUT2D eigenvalue weighted by Gasteiger charge is 2.30. The number of carbonyl (C=O) groups excluding carboxylic acids is 1. The molecule has 2 aliphatic heterocycles. The van der Waals surface area contributed by atoms with Crippen LogP contribution in [0.25, 0.3) is 0 Å². The summed E-state index contributed by atoms with van der Waals surface area (Å²) in [7, 11) is 0. The third kappa shape index (κ3) is 3.83. The van der Waals surface area contributed by atoms with Gasteiger partial charge in [-0.15, -0.1) is 0 Å². The normalized spacial score (nSPS) is 28.7. The fourth-order valence-electron chi connectivity index (χ4n) is 4.63. The second kappa shape index (κ2) is 7.87. The predicted molar refractivity (Wildman–Crippen MR) is 101 cm³/mol. The van der Waals surface area contributed by atoms with Crippen molar-refractivity contribution in [3.05, 3.63) is 23.8 Å². The topological polar surface area (TPSA) is 50.8 Å². The van der Waals surface area contributed by atoms with Gasteiger partial charge in [0, 0.05) is 12.1 Å². The van der Waals surface area contributed by atoms with E-state index in [4.69, 9.17) is 9.47 Å². The molecular weight excluding hydrogens is 328 g/mol. The van der Waals surface area contributed by atoms with E-state index in [1.54, 1.807) is 0 Å². The standard InChI is InChI=1S/C21H30N2O3/c1-15-5-2-3-6-17(15)22-21(24)14-23-10-4-7-18(23)16-8-9-19-20(13-16)26-12-11-25-19/h8-9,13,15,17-18H,2-7,10-12,14H2,1H3,(H,22,24)/t15-,17+,18-/m1/s1. The highest BCUT2D eigenvalue weighted by atomic mass is 16.6. The third-order valence-corrected chi connectivity index (χ3v) is 6.12. The van der Waals surface area contributed by atoms with Crippen LogP contribution in [0.2, 0.25) is 0 Å². The second-order valence-electron chi connectivity index (χ2n) is 7.97. The van der Waals surface area contributed by atoms with Crippen LogP contribution in [0.1, 0.15) is 57.1 Å². The molecule has 3 aliphatic rings. The molecule has 3 atom stereocenters. The van der Waals surface area contributed by atoms with Crippen LogP contribution in [-0.2, 0) is 4.79 Å². The zero-order valence-corrected chi connectivity index (χ0v) is 15.7. The number of hydrogen-bond donors (Lipinski definition) is 1. The molecule has 1 aromatic carbocycles. The zero-order chi connectivity index (χ0) is 17.9. The van der Waals surface area contributed by atoms with Gasteiger partial charge in [0.2, 0.25) is 5.91 Å². The Hall–Kier alpha value is -1.75. The highest BCUT2D eigenvalue weighted by molar-refractivity contribution is 5.78. The van der Waals surface area contributed by atoms with E-state index in [0.29, 0.717) is 37.8 Å². The van der Waals surface area contributed by atoms with Crippen LogP contribution < -0.4 is 14.8 Å². The first-order valence-corrected chi connectivity index (χ1v) is 10.1. The number of fused-ring (bicyclic) bond motifs is 1. The van der Waals surface area contributed by atoms with Crippen molar-refractivity contribution < 1.29 is 14.3 Å². The van der Waals surface area contributed by atoms with Gasteiger partial charge in [-0.2, -0.15) is 0 Å². The van der Waals surface area contributed by atoms with Gasteiger partial charge in [-0.25, -0.2) is 0 Å². The molecule has 5 nitrogen and oxygen atoms in total. The molecule has 0 radical (unpaired) electrons. The molecule has 1 saturated heterocycles. The monoisotopic (exact) mass is 358 g/mol. The number of likely N-dealkylation sites (tertiary alicyclic amines) is 1. The van der Waals surface area contributed by atoms with Crippen LogP contribution in [0.3, 0.4) is 0 Å². The number of nitrogens with one attached hydrogen (secondary N) is 1. The van der Waals surface area contributed by atoms with Crippen LogP contribution in [0.4, 0.5) is 0 Å². The molecule has 1 aliphatic carbocycles. The van der Waals surface area contributed by atoms with E-state index in [1.165, 1.54) is 24.8 Å². The lowest BCUT2D eigenvalue weighted by Gasteiger charge is -2.31. The highest BCUT2D eigenvalue weighted by Crippen LogP contribution is 2.37. The third-order valence-electron chi connectivity index (χ3n) is 6.12. The molecule has 4 rings (SSSR count). The van der Waals surface area contributed by atoms with Crippen molar-refractivity contribution in [3.63, 3.8) is 0 Å². The average molecular weight is 358 g/mol. The van der Waals surface area contributed by atoms with Crippen molar-refractivity contribution in [1.82, 2.24) is 10.2 Å². The lowest BCUT2D eigenvalue weighted by Crippen LogP contribution is -2.45. The largest absolute Gasteiger partial charge is 0.486 e. The minimum atomic E-state index is 0.174. The Morgan fingerprint density at radius 1 is 1.12 bits per heavy atom. The van der Waals surface area contributed by atoms with E-state index in [2.05, 4.69) is 29.3 Å². The van der Waals surface area contributed by atoms with Gasteiger partial charge in [0.15, 0.2) is 11.5 Å². The maximum absolute atomic E-state index is 12.6. The van der Waals surface area contributed by atoms with Crippen LogP contribution in [0, 0.1) is 5.92 Å². The molecule has 1 saturated carbocycles. The van der Waals surface area contributed by atoms with E-state index in [0.717, 1.165) is 37.3 Å². The SMILES string of the molecule is C[C@@H]1CCCC[C@@H]1NC(=O)CN1CCC[C@@H]1c1ccc2c(c1)OCCO2. The maximum Gasteiger partial charge on any atom is 0.234 e. The van der Waals surface area contributed by atoms with Crippen molar-refractivity contribution in [2.24, 2.45) is 5.92 Å². The van der Waals surface area contributed by atoms with Crippen LogP contribution >= 0.6 is 0 Å². The summed E-state index contributed by atoms with van der Waals surface area (Å²) in [6.07, 6.45) is 7.11. The van der Waals surface area contributed by atoms with Crippen LogP contribution in [-0.4, -0.2) is 43.2 Å². The van der Waals surface area contributed by atoms with E-state index < -0.39 is 0 Å². The summed E-state index contributed by atoms with van der Waals surface area (Å²) in [6.45, 7) is 4.95. The molecular formula is C21H30N2O3. The molecule has 2 heterocycles. The van der Waals surface area contributed by atoms with Crippen molar-refractivity contribution in [2.45, 2.75) is 57.5 Å². The van der Waals surface area contributed by atoms with Gasteiger partial charge in [-0.1, -0.05) is 25.8 Å². The molecule has 142 valence electrons. The Morgan fingerprint density at radius 3 is 2.77 bits per heavy atom. The van der Waals surface area contributed by atoms with Gasteiger partial charge < -0.3 is 14.8 Å². The number of ether oxygens (including phenoxy) is 2. The lowest BCUT2D eigenvalue weighted by molar-refractivity contribution is -0.123. The zero-order valence-electron chi connectivity index (χ0n) is 15.7. The number of nitrogens with zero attached hydrogens (tertiary/aromatic N) is 1. The predicted octanol–water partition coefficient (Wildman–Crippen LogP) is 3.29. The van der Waals surface area contributed by atoms with Crippen LogP contribution in [0.15, 0.2) is 18.2 Å². The molecule has 1 amide bonds. The van der Waals surface area contributed by atoms with Gasteiger partial charge in [0.1, 0.15) is 13.2 Å². The summed E-state index contributed by atoms with van der Waals surface area (Å²) in [5.74, 6) is 2.43. The molecule has 5 heteroatoms. The fourth-order valence-corrected chi connectivity index (χ4v) is 4.63. The minimum absolute atomic E-state index is 0.174. The summed E-state index contributed by atoms with van der Waals surface area (Å²) in [4.78, 5) is 14.9. The fraction of sp³-hybridized carbons (Fsp3) is 0.667. The Bertz CT molecular complexity index is 648. The second-order valence-corrected chi connectivity index (χ2v) is 7.97. The number of benzene rings is 1. The molecule has 0 spiro atoms. The van der Waals surface area contributed by atoms with Gasteiger partial charge in [0.05, 0.1) is 6.54 Å². The van der Waals surface area contributed by atoms with Gasteiger partial charge in [-0.05, 0) is 55.8 Å². The Balaban J connectivity index is 1.39. The molecule has 2 fully saturated rings. The lowest BCUT2D eigenvalue weighted by atomic mass is 9.86. The summed E-state index contributed by atoms with van der Waals surface area (Å²) in [6, 6.07) is 6.87. The van der Waals surface area contributed by atoms with Gasteiger partial charge >= 0.3 is 0 Å². The summed E-state index contributed by atoms with van der Waals surface area (Å²) < 4.78 is 11.4. The van der Waals surface area contributed by atoms with E-state index in [-0.39, 0.29) is 5.91 Å².